The molecule has 6 rings (SSSR count). The van der Waals surface area contributed by atoms with Crippen LogP contribution in [0.2, 0.25) is 0 Å². The number of ether oxygens (including phenoxy) is 1. The summed E-state index contributed by atoms with van der Waals surface area (Å²) in [7, 11) is 1.55. The lowest BCUT2D eigenvalue weighted by Gasteiger charge is -2.22. The van der Waals surface area contributed by atoms with Crippen molar-refractivity contribution in [1.82, 2.24) is 25.1 Å². The maximum atomic E-state index is 13.8. The number of nitrogens with one attached hydrogen (secondary N) is 1. The van der Waals surface area contributed by atoms with Crippen LogP contribution in [0, 0.1) is 17.0 Å². The third-order valence-electron chi connectivity index (χ3n) is 7.53. The molecule has 1 N–H and O–H groups in total. The first-order valence-electron chi connectivity index (χ1n) is 14.6. The molecule has 0 saturated heterocycles. The average molecular weight is 668 g/mol. The number of benzene rings is 3. The molecular weight excluding hydrogens is 639 g/mol. The third kappa shape index (κ3) is 6.93. The lowest BCUT2D eigenvalue weighted by atomic mass is 10.00. The van der Waals surface area contributed by atoms with Crippen LogP contribution < -0.4 is 10.1 Å². The molecule has 5 aromatic rings. The quantitative estimate of drug-likeness (QED) is 0.103. The minimum absolute atomic E-state index is 0.00847. The zero-order valence-corrected chi connectivity index (χ0v) is 27.0. The standard InChI is InChI=1S/C33H29N7O5S2/c1-21-9-11-22(12-10-21)27-18-25(29-8-5-17-46-29)37-39(27)31(41)20-47-33-36-35-30(38(33)26-6-3-4-7-28(26)45-2)19-34-32(42)23-13-15-24(16-14-23)40(43)44/h3-17,27H,18-20H2,1-2H3,(H,34,42)/t27-/m1/s1. The summed E-state index contributed by atoms with van der Waals surface area (Å²) in [5, 5.41) is 31.3. The van der Waals surface area contributed by atoms with E-state index in [1.54, 1.807) is 34.1 Å². The third-order valence-corrected chi connectivity index (χ3v) is 9.36. The van der Waals surface area contributed by atoms with Gasteiger partial charge in [0.15, 0.2) is 11.0 Å². The Morgan fingerprint density at radius 2 is 1.81 bits per heavy atom. The highest BCUT2D eigenvalue weighted by Gasteiger charge is 2.34. The Kier molecular flexibility index (Phi) is 9.40. The number of amides is 2. The van der Waals surface area contributed by atoms with E-state index in [0.29, 0.717) is 28.8 Å². The normalized spacial score (nSPS) is 14.1. The molecule has 0 spiro atoms. The van der Waals surface area contributed by atoms with Crippen molar-refractivity contribution in [3.8, 4) is 11.4 Å². The van der Waals surface area contributed by atoms with Gasteiger partial charge in [-0.1, -0.05) is 59.8 Å². The number of aryl methyl sites for hydroxylation is 1. The van der Waals surface area contributed by atoms with Crippen LogP contribution in [0.4, 0.5) is 5.69 Å². The van der Waals surface area contributed by atoms with Gasteiger partial charge in [0.1, 0.15) is 5.75 Å². The molecule has 0 bridgehead atoms. The highest BCUT2D eigenvalue weighted by Crippen LogP contribution is 2.35. The number of para-hydroxylation sites is 2. The molecule has 2 amide bonds. The number of hydrazone groups is 1. The number of methoxy groups -OCH3 is 1. The van der Waals surface area contributed by atoms with Gasteiger partial charge in [0.25, 0.3) is 17.5 Å². The van der Waals surface area contributed by atoms with E-state index in [9.17, 15) is 19.7 Å². The molecule has 3 aromatic carbocycles. The van der Waals surface area contributed by atoms with Crippen LogP contribution in [0.25, 0.3) is 5.69 Å². The SMILES string of the molecule is COc1ccccc1-n1c(CNC(=O)c2ccc([N+](=O)[O-])cc2)nnc1SCC(=O)N1N=C(c2cccs2)C[C@@H]1c1ccc(C)cc1. The van der Waals surface area contributed by atoms with E-state index in [-0.39, 0.29) is 35.5 Å². The highest BCUT2D eigenvalue weighted by atomic mass is 32.2. The molecule has 3 heterocycles. The van der Waals surface area contributed by atoms with Crippen molar-refractivity contribution in [2.45, 2.75) is 31.1 Å². The Morgan fingerprint density at radius 1 is 1.04 bits per heavy atom. The summed E-state index contributed by atoms with van der Waals surface area (Å²) in [6.07, 6.45) is 0.607. The second-order valence-electron chi connectivity index (χ2n) is 10.6. The Hall–Kier alpha value is -5.34. The monoisotopic (exact) mass is 667 g/mol. The molecule has 1 aliphatic rings. The number of hydrogen-bond donors (Lipinski definition) is 1. The maximum Gasteiger partial charge on any atom is 0.269 e. The highest BCUT2D eigenvalue weighted by molar-refractivity contribution is 7.99. The number of nitro groups is 1. The topological polar surface area (TPSA) is 145 Å². The minimum Gasteiger partial charge on any atom is -0.495 e. The summed E-state index contributed by atoms with van der Waals surface area (Å²) in [5.74, 6) is 0.361. The Labute approximate surface area is 278 Å². The van der Waals surface area contributed by atoms with E-state index in [4.69, 9.17) is 9.84 Å². The number of carbonyl (C=O) groups excluding carboxylic acids is 2. The number of non-ortho nitro benzene ring substituents is 1. The maximum absolute atomic E-state index is 13.8. The van der Waals surface area contributed by atoms with Crippen LogP contribution in [-0.2, 0) is 11.3 Å². The number of nitrogens with zero attached hydrogens (tertiary/aromatic N) is 6. The van der Waals surface area contributed by atoms with Crippen molar-refractivity contribution in [3.05, 3.63) is 128 Å². The second kappa shape index (κ2) is 14.0. The zero-order valence-electron chi connectivity index (χ0n) is 25.4. The zero-order chi connectivity index (χ0) is 32.9. The Bertz CT molecular complexity index is 1940. The lowest BCUT2D eigenvalue weighted by Crippen LogP contribution is -2.28. The Morgan fingerprint density at radius 3 is 2.51 bits per heavy atom. The summed E-state index contributed by atoms with van der Waals surface area (Å²) < 4.78 is 7.35. The number of rotatable bonds is 11. The molecule has 0 radical (unpaired) electrons. The van der Waals surface area contributed by atoms with Gasteiger partial charge in [0, 0.05) is 24.1 Å². The minimum atomic E-state index is -0.525. The molecule has 2 aromatic heterocycles. The van der Waals surface area contributed by atoms with Gasteiger partial charge in [-0.2, -0.15) is 5.10 Å². The summed E-state index contributed by atoms with van der Waals surface area (Å²) in [5.41, 5.74) is 3.79. The molecule has 0 unspecified atom stereocenters. The fourth-order valence-electron chi connectivity index (χ4n) is 5.13. The van der Waals surface area contributed by atoms with Gasteiger partial charge >= 0.3 is 0 Å². The van der Waals surface area contributed by atoms with Gasteiger partial charge < -0.3 is 10.1 Å². The van der Waals surface area contributed by atoms with Gasteiger partial charge in [-0.3, -0.25) is 24.3 Å². The largest absolute Gasteiger partial charge is 0.495 e. The van der Waals surface area contributed by atoms with E-state index < -0.39 is 10.8 Å². The number of thiophene rings is 1. The first kappa shape index (κ1) is 31.6. The first-order valence-corrected chi connectivity index (χ1v) is 16.4. The molecule has 0 aliphatic carbocycles. The molecule has 0 saturated carbocycles. The number of aromatic nitrogens is 3. The molecule has 14 heteroatoms. The van der Waals surface area contributed by atoms with E-state index in [1.807, 2.05) is 66.9 Å². The summed E-state index contributed by atoms with van der Waals surface area (Å²) in [6.45, 7) is 2.02. The summed E-state index contributed by atoms with van der Waals surface area (Å²) in [4.78, 5) is 38.2. The number of thioether (sulfide) groups is 1. The second-order valence-corrected chi connectivity index (χ2v) is 12.5. The summed E-state index contributed by atoms with van der Waals surface area (Å²) >= 11 is 2.80. The molecule has 1 atom stereocenters. The predicted octanol–water partition coefficient (Wildman–Crippen LogP) is 5.95. The number of carbonyl (C=O) groups is 2. The molecule has 238 valence electrons. The van der Waals surface area contributed by atoms with Gasteiger partial charge in [0.2, 0.25) is 0 Å². The van der Waals surface area contributed by atoms with Crippen LogP contribution >= 0.6 is 23.1 Å². The fourth-order valence-corrected chi connectivity index (χ4v) is 6.67. The van der Waals surface area contributed by atoms with Gasteiger partial charge in [0.05, 0.1) is 46.6 Å². The molecule has 47 heavy (non-hydrogen) atoms. The number of nitro benzene ring substituents is 1. The van der Waals surface area contributed by atoms with Crippen LogP contribution in [0.5, 0.6) is 5.75 Å². The average Bonchev–Trinajstić information content (AvgIpc) is 3.87. The van der Waals surface area contributed by atoms with Crippen molar-refractivity contribution in [2.75, 3.05) is 12.9 Å². The van der Waals surface area contributed by atoms with Crippen molar-refractivity contribution in [1.29, 1.82) is 0 Å². The van der Waals surface area contributed by atoms with Gasteiger partial charge in [-0.25, -0.2) is 5.01 Å². The molecule has 0 fully saturated rings. The van der Waals surface area contributed by atoms with Crippen molar-refractivity contribution in [3.63, 3.8) is 0 Å². The van der Waals surface area contributed by atoms with Crippen molar-refractivity contribution < 1.29 is 19.2 Å². The van der Waals surface area contributed by atoms with Crippen LogP contribution in [-0.4, -0.2) is 55.1 Å². The molecule has 1 aliphatic heterocycles. The van der Waals surface area contributed by atoms with Crippen molar-refractivity contribution in [2.24, 2.45) is 5.10 Å². The summed E-state index contributed by atoms with van der Waals surface area (Å²) in [6, 6.07) is 24.5. The van der Waals surface area contributed by atoms with Crippen LogP contribution in [0.3, 0.4) is 0 Å². The number of hydrogen-bond acceptors (Lipinski definition) is 10. The molecule has 12 nitrogen and oxygen atoms in total. The van der Waals surface area contributed by atoms with E-state index in [0.717, 1.165) is 21.7 Å². The van der Waals surface area contributed by atoms with E-state index in [2.05, 4.69) is 15.5 Å². The predicted molar refractivity (Wildman–Crippen MR) is 179 cm³/mol. The first-order chi connectivity index (χ1) is 22.8. The van der Waals surface area contributed by atoms with Crippen LogP contribution in [0.15, 0.2) is 101 Å². The van der Waals surface area contributed by atoms with E-state index >= 15 is 0 Å². The molecular formula is C33H29N7O5S2. The smallest absolute Gasteiger partial charge is 0.269 e. The Balaban J connectivity index is 1.24. The fraction of sp³-hybridized carbons (Fsp3) is 0.182. The van der Waals surface area contributed by atoms with E-state index in [1.165, 1.54) is 36.0 Å². The lowest BCUT2D eigenvalue weighted by molar-refractivity contribution is -0.384. The van der Waals surface area contributed by atoms with Crippen LogP contribution in [0.1, 0.15) is 44.6 Å². The van der Waals surface area contributed by atoms with Gasteiger partial charge in [-0.05, 0) is 48.2 Å². The van der Waals surface area contributed by atoms with Crippen molar-refractivity contribution >= 4 is 46.3 Å². The van der Waals surface area contributed by atoms with Gasteiger partial charge in [-0.15, -0.1) is 21.5 Å².